The summed E-state index contributed by atoms with van der Waals surface area (Å²) < 4.78 is 5.03. The van der Waals surface area contributed by atoms with Crippen molar-refractivity contribution in [2.24, 2.45) is 5.92 Å². The number of hydrogen-bond acceptors (Lipinski definition) is 3. The number of carbonyl (C=O) groups is 2. The van der Waals surface area contributed by atoms with Crippen LogP contribution in [0.4, 0.5) is 5.69 Å². The summed E-state index contributed by atoms with van der Waals surface area (Å²) in [5, 5.41) is 2.81. The minimum atomic E-state index is -0.245. The van der Waals surface area contributed by atoms with Gasteiger partial charge in [-0.05, 0) is 24.3 Å². The SMILES string of the molecule is O=C(NCC1CC(=O)N(c2ccccc2)C1)c1ccco1. The van der Waals surface area contributed by atoms with Crippen LogP contribution >= 0.6 is 0 Å². The van der Waals surface area contributed by atoms with Crippen molar-refractivity contribution in [1.82, 2.24) is 5.32 Å². The van der Waals surface area contributed by atoms with E-state index in [1.165, 1.54) is 6.26 Å². The van der Waals surface area contributed by atoms with Gasteiger partial charge in [-0.25, -0.2) is 0 Å². The monoisotopic (exact) mass is 284 g/mol. The molecular weight excluding hydrogens is 268 g/mol. The number of furan rings is 1. The lowest BCUT2D eigenvalue weighted by Gasteiger charge is -2.16. The summed E-state index contributed by atoms with van der Waals surface area (Å²) in [6.45, 7) is 1.09. The van der Waals surface area contributed by atoms with Crippen LogP contribution in [-0.4, -0.2) is 24.9 Å². The van der Waals surface area contributed by atoms with E-state index in [0.29, 0.717) is 25.3 Å². The van der Waals surface area contributed by atoms with E-state index in [1.807, 2.05) is 30.3 Å². The number of benzene rings is 1. The van der Waals surface area contributed by atoms with Crippen LogP contribution in [-0.2, 0) is 4.79 Å². The first-order valence-corrected chi connectivity index (χ1v) is 6.91. The van der Waals surface area contributed by atoms with Crippen molar-refractivity contribution in [3.8, 4) is 0 Å². The van der Waals surface area contributed by atoms with Gasteiger partial charge in [0.2, 0.25) is 5.91 Å². The van der Waals surface area contributed by atoms with Crippen molar-refractivity contribution in [3.63, 3.8) is 0 Å². The van der Waals surface area contributed by atoms with E-state index in [9.17, 15) is 9.59 Å². The average molecular weight is 284 g/mol. The van der Waals surface area contributed by atoms with Gasteiger partial charge in [0.05, 0.1) is 6.26 Å². The highest BCUT2D eigenvalue weighted by Gasteiger charge is 2.30. The first-order valence-electron chi connectivity index (χ1n) is 6.91. The summed E-state index contributed by atoms with van der Waals surface area (Å²) in [4.78, 5) is 25.6. The fourth-order valence-corrected chi connectivity index (χ4v) is 2.51. The van der Waals surface area contributed by atoms with Gasteiger partial charge in [0.25, 0.3) is 5.91 Å². The van der Waals surface area contributed by atoms with Crippen molar-refractivity contribution in [2.45, 2.75) is 6.42 Å². The lowest BCUT2D eigenvalue weighted by atomic mass is 10.1. The number of nitrogens with zero attached hydrogens (tertiary/aromatic N) is 1. The average Bonchev–Trinajstić information content (AvgIpc) is 3.15. The Bertz CT molecular complexity index is 622. The second-order valence-electron chi connectivity index (χ2n) is 5.10. The first kappa shape index (κ1) is 13.4. The molecule has 1 fully saturated rings. The molecule has 108 valence electrons. The fourth-order valence-electron chi connectivity index (χ4n) is 2.51. The predicted octanol–water partition coefficient (Wildman–Crippen LogP) is 2.06. The second-order valence-corrected chi connectivity index (χ2v) is 5.10. The molecule has 21 heavy (non-hydrogen) atoms. The Hall–Kier alpha value is -2.56. The van der Waals surface area contributed by atoms with Gasteiger partial charge in [0, 0.05) is 31.1 Å². The Morgan fingerprint density at radius 3 is 2.76 bits per heavy atom. The van der Waals surface area contributed by atoms with Crippen molar-refractivity contribution in [3.05, 3.63) is 54.5 Å². The molecule has 1 aliphatic heterocycles. The zero-order chi connectivity index (χ0) is 14.7. The van der Waals surface area contributed by atoms with E-state index in [4.69, 9.17) is 4.42 Å². The summed E-state index contributed by atoms with van der Waals surface area (Å²) in [7, 11) is 0. The van der Waals surface area contributed by atoms with Gasteiger partial charge in [-0.1, -0.05) is 18.2 Å². The lowest BCUT2D eigenvalue weighted by molar-refractivity contribution is -0.117. The normalized spacial score (nSPS) is 18.0. The number of anilines is 1. The van der Waals surface area contributed by atoms with Gasteiger partial charge in [0.1, 0.15) is 0 Å². The molecule has 1 unspecified atom stereocenters. The molecule has 1 N–H and O–H groups in total. The highest BCUT2D eigenvalue weighted by atomic mass is 16.3. The summed E-state index contributed by atoms with van der Waals surface area (Å²) in [5.74, 6) is 0.264. The zero-order valence-electron chi connectivity index (χ0n) is 11.5. The smallest absolute Gasteiger partial charge is 0.286 e. The van der Waals surface area contributed by atoms with Crippen LogP contribution in [0.5, 0.6) is 0 Å². The standard InChI is InChI=1S/C16H16N2O3/c19-15-9-12(10-17-16(20)14-7-4-8-21-14)11-18(15)13-5-2-1-3-6-13/h1-8,12H,9-11H2,(H,17,20). The molecule has 2 amide bonds. The number of nitrogens with one attached hydrogen (secondary N) is 1. The van der Waals surface area contributed by atoms with E-state index in [0.717, 1.165) is 5.69 Å². The summed E-state index contributed by atoms with van der Waals surface area (Å²) in [6.07, 6.45) is 1.92. The van der Waals surface area contributed by atoms with Crippen molar-refractivity contribution in [1.29, 1.82) is 0 Å². The van der Waals surface area contributed by atoms with Gasteiger partial charge in [-0.3, -0.25) is 9.59 Å². The third-order valence-electron chi connectivity index (χ3n) is 3.57. The van der Waals surface area contributed by atoms with Crippen LogP contribution in [0.15, 0.2) is 53.1 Å². The fraction of sp³-hybridized carbons (Fsp3) is 0.250. The van der Waals surface area contributed by atoms with Crippen LogP contribution in [0, 0.1) is 5.92 Å². The quantitative estimate of drug-likeness (QED) is 0.934. The summed E-state index contributed by atoms with van der Waals surface area (Å²) >= 11 is 0. The van der Waals surface area contributed by atoms with Crippen molar-refractivity contribution < 1.29 is 14.0 Å². The van der Waals surface area contributed by atoms with Crippen molar-refractivity contribution in [2.75, 3.05) is 18.0 Å². The molecular formula is C16H16N2O3. The Kier molecular flexibility index (Phi) is 3.73. The zero-order valence-corrected chi connectivity index (χ0v) is 11.5. The molecule has 2 heterocycles. The molecule has 1 aromatic carbocycles. The number of para-hydroxylation sites is 1. The predicted molar refractivity (Wildman–Crippen MR) is 77.9 cm³/mol. The van der Waals surface area contributed by atoms with Gasteiger partial charge >= 0.3 is 0 Å². The molecule has 0 spiro atoms. The summed E-state index contributed by atoms with van der Waals surface area (Å²) in [5.41, 5.74) is 0.905. The molecule has 3 rings (SSSR count). The second kappa shape index (κ2) is 5.83. The minimum Gasteiger partial charge on any atom is -0.459 e. The van der Waals surface area contributed by atoms with E-state index >= 15 is 0 Å². The van der Waals surface area contributed by atoms with E-state index in [2.05, 4.69) is 5.32 Å². The number of rotatable bonds is 4. The van der Waals surface area contributed by atoms with Crippen LogP contribution in [0.2, 0.25) is 0 Å². The van der Waals surface area contributed by atoms with E-state index in [1.54, 1.807) is 17.0 Å². The van der Waals surface area contributed by atoms with E-state index in [-0.39, 0.29) is 17.7 Å². The number of carbonyl (C=O) groups excluding carboxylic acids is 2. The molecule has 0 aliphatic carbocycles. The molecule has 1 aromatic heterocycles. The third-order valence-corrected chi connectivity index (χ3v) is 3.57. The van der Waals surface area contributed by atoms with Gasteiger partial charge in [-0.2, -0.15) is 0 Å². The number of hydrogen-bond donors (Lipinski definition) is 1. The molecule has 0 bridgehead atoms. The Morgan fingerprint density at radius 2 is 2.05 bits per heavy atom. The topological polar surface area (TPSA) is 62.6 Å². The Balaban J connectivity index is 1.57. The van der Waals surface area contributed by atoms with Gasteiger partial charge in [-0.15, -0.1) is 0 Å². The first-order chi connectivity index (χ1) is 10.2. The maximum Gasteiger partial charge on any atom is 0.286 e. The molecule has 0 radical (unpaired) electrons. The third kappa shape index (κ3) is 2.97. The van der Waals surface area contributed by atoms with Gasteiger partial charge < -0.3 is 14.6 Å². The largest absolute Gasteiger partial charge is 0.459 e. The maximum atomic E-state index is 12.1. The van der Waals surface area contributed by atoms with Gasteiger partial charge in [0.15, 0.2) is 5.76 Å². The number of amides is 2. The molecule has 5 heteroatoms. The molecule has 2 aromatic rings. The minimum absolute atomic E-state index is 0.0958. The molecule has 1 saturated heterocycles. The highest BCUT2D eigenvalue weighted by molar-refractivity contribution is 5.96. The molecule has 1 atom stereocenters. The van der Waals surface area contributed by atoms with Crippen LogP contribution < -0.4 is 10.2 Å². The van der Waals surface area contributed by atoms with Crippen LogP contribution in [0.25, 0.3) is 0 Å². The van der Waals surface area contributed by atoms with Crippen molar-refractivity contribution >= 4 is 17.5 Å². The van der Waals surface area contributed by atoms with E-state index < -0.39 is 0 Å². The van der Waals surface area contributed by atoms with Crippen LogP contribution in [0.3, 0.4) is 0 Å². The van der Waals surface area contributed by atoms with Crippen LogP contribution in [0.1, 0.15) is 17.0 Å². The summed E-state index contributed by atoms with van der Waals surface area (Å²) in [6, 6.07) is 12.9. The highest BCUT2D eigenvalue weighted by Crippen LogP contribution is 2.24. The molecule has 0 saturated carbocycles. The Labute approximate surface area is 122 Å². The molecule has 5 nitrogen and oxygen atoms in total. The Morgan fingerprint density at radius 1 is 1.24 bits per heavy atom. The maximum absolute atomic E-state index is 12.1. The molecule has 1 aliphatic rings. The lowest BCUT2D eigenvalue weighted by Crippen LogP contribution is -2.31.